The highest BCUT2D eigenvalue weighted by Crippen LogP contribution is 2.39. The van der Waals surface area contributed by atoms with Crippen molar-refractivity contribution in [1.29, 1.82) is 0 Å². The van der Waals surface area contributed by atoms with E-state index in [1.54, 1.807) is 30.1 Å². The molecule has 10 nitrogen and oxygen atoms in total. The fourth-order valence-corrected chi connectivity index (χ4v) is 4.10. The second-order valence-electron chi connectivity index (χ2n) is 8.77. The number of ether oxygens (including phenoxy) is 2. The molecule has 3 atom stereocenters. The Kier molecular flexibility index (Phi) is 5.20. The van der Waals surface area contributed by atoms with Gasteiger partial charge in [0.2, 0.25) is 0 Å². The molecule has 0 bridgehead atoms. The van der Waals surface area contributed by atoms with Crippen molar-refractivity contribution in [3.8, 4) is 0 Å². The normalized spacial score (nSPS) is 23.9. The van der Waals surface area contributed by atoms with E-state index in [1.807, 2.05) is 13.0 Å². The van der Waals surface area contributed by atoms with Crippen molar-refractivity contribution in [2.24, 2.45) is 0 Å². The largest absolute Gasteiger partial charge is 0.443 e. The number of nitrogens with one attached hydrogen (secondary N) is 3. The van der Waals surface area contributed by atoms with E-state index in [4.69, 9.17) is 9.47 Å². The summed E-state index contributed by atoms with van der Waals surface area (Å²) in [6.45, 7) is 2.35. The van der Waals surface area contributed by atoms with E-state index >= 15 is 4.39 Å². The molecule has 2 fully saturated rings. The Morgan fingerprint density at radius 2 is 2.22 bits per heavy atom. The van der Waals surface area contributed by atoms with Crippen LogP contribution in [-0.4, -0.2) is 55.8 Å². The maximum absolute atomic E-state index is 15.1. The summed E-state index contributed by atoms with van der Waals surface area (Å²) >= 11 is 0. The van der Waals surface area contributed by atoms with Gasteiger partial charge in [-0.2, -0.15) is 10.2 Å². The Bertz CT molecular complexity index is 1130. The Hall–Kier alpha value is -3.21. The number of methoxy groups -OCH3 is 1. The molecule has 32 heavy (non-hydrogen) atoms. The number of hydrogen-bond acceptors (Lipinski definition) is 7. The third-order valence-electron chi connectivity index (χ3n) is 6.14. The number of anilines is 2. The zero-order valence-corrected chi connectivity index (χ0v) is 18.0. The number of carbonyl (C=O) groups excluding carboxylic acids is 1. The lowest BCUT2D eigenvalue weighted by molar-refractivity contribution is 0.0546. The molecule has 3 N–H and O–H groups in total. The van der Waals surface area contributed by atoms with Gasteiger partial charge >= 0.3 is 6.09 Å². The number of H-pyrrole nitrogens is 1. The molecule has 3 aromatic heterocycles. The first-order valence-electron chi connectivity index (χ1n) is 10.7. The number of hydrogen-bond donors (Lipinski definition) is 3. The van der Waals surface area contributed by atoms with Crippen LogP contribution in [0.15, 0.2) is 24.5 Å². The fourth-order valence-electron chi connectivity index (χ4n) is 4.10. The van der Waals surface area contributed by atoms with E-state index in [9.17, 15) is 4.79 Å². The smallest absolute Gasteiger partial charge is 0.407 e. The van der Waals surface area contributed by atoms with E-state index < -0.39 is 24.3 Å². The van der Waals surface area contributed by atoms with Crippen molar-refractivity contribution < 1.29 is 18.7 Å². The number of fused-ring (bicyclic) bond motifs is 1. The van der Waals surface area contributed by atoms with Crippen LogP contribution in [-0.2, 0) is 16.1 Å². The lowest BCUT2D eigenvalue weighted by Gasteiger charge is -2.19. The molecule has 0 aliphatic heterocycles. The minimum absolute atomic E-state index is 0.193. The van der Waals surface area contributed by atoms with E-state index in [2.05, 4.69) is 30.9 Å². The van der Waals surface area contributed by atoms with Crippen molar-refractivity contribution in [2.75, 3.05) is 12.4 Å². The molecule has 2 aliphatic rings. The SMILES string of the molecule is COCc1cc2c(Nc3cc([C@H]4CC[C@@H](OC(=O)NC5(C)CC5)[C@H]4F)[nH]n3)nccn2n1. The molecule has 11 heteroatoms. The molecule has 5 rings (SSSR count). The molecule has 0 saturated heterocycles. The van der Waals surface area contributed by atoms with E-state index in [0.717, 1.165) is 24.1 Å². The van der Waals surface area contributed by atoms with Gasteiger partial charge in [0.25, 0.3) is 0 Å². The lowest BCUT2D eigenvalue weighted by Crippen LogP contribution is -2.38. The van der Waals surface area contributed by atoms with Crippen LogP contribution in [0, 0.1) is 0 Å². The molecule has 0 radical (unpaired) electrons. The minimum Gasteiger partial charge on any atom is -0.443 e. The van der Waals surface area contributed by atoms with Gasteiger partial charge in [-0.1, -0.05) is 0 Å². The lowest BCUT2D eigenvalue weighted by atomic mass is 10.0. The Morgan fingerprint density at radius 1 is 1.38 bits per heavy atom. The number of amides is 1. The topological polar surface area (TPSA) is 118 Å². The van der Waals surface area contributed by atoms with Crippen molar-refractivity contribution in [1.82, 2.24) is 30.1 Å². The summed E-state index contributed by atoms with van der Waals surface area (Å²) in [5.74, 6) is 0.681. The van der Waals surface area contributed by atoms with Gasteiger partial charge in [-0.15, -0.1) is 0 Å². The highest BCUT2D eigenvalue weighted by atomic mass is 19.1. The molecule has 3 aromatic rings. The summed E-state index contributed by atoms with van der Waals surface area (Å²) in [6, 6.07) is 3.65. The van der Waals surface area contributed by atoms with Crippen LogP contribution >= 0.6 is 0 Å². The molecule has 0 unspecified atom stereocenters. The number of aromatic amines is 1. The van der Waals surface area contributed by atoms with E-state index in [-0.39, 0.29) is 5.54 Å². The van der Waals surface area contributed by atoms with Crippen molar-refractivity contribution in [3.63, 3.8) is 0 Å². The zero-order chi connectivity index (χ0) is 22.3. The van der Waals surface area contributed by atoms with Gasteiger partial charge in [0.05, 0.1) is 12.3 Å². The van der Waals surface area contributed by atoms with Crippen molar-refractivity contribution >= 4 is 23.2 Å². The van der Waals surface area contributed by atoms with Crippen LogP contribution in [0.1, 0.15) is 49.9 Å². The first-order chi connectivity index (χ1) is 15.4. The van der Waals surface area contributed by atoms with Crippen LogP contribution in [0.2, 0.25) is 0 Å². The maximum atomic E-state index is 15.1. The number of rotatable bonds is 7. The third-order valence-corrected chi connectivity index (χ3v) is 6.14. The maximum Gasteiger partial charge on any atom is 0.407 e. The molecule has 0 aromatic carbocycles. The second kappa shape index (κ2) is 8.05. The average molecular weight is 443 g/mol. The third kappa shape index (κ3) is 4.12. The number of halogens is 1. The molecule has 1 amide bonds. The van der Waals surface area contributed by atoms with Crippen LogP contribution < -0.4 is 10.6 Å². The van der Waals surface area contributed by atoms with E-state index in [1.165, 1.54) is 0 Å². The average Bonchev–Trinajstić information content (AvgIpc) is 3.12. The minimum atomic E-state index is -1.30. The van der Waals surface area contributed by atoms with E-state index in [0.29, 0.717) is 36.8 Å². The van der Waals surface area contributed by atoms with Gasteiger partial charge in [0, 0.05) is 42.7 Å². The zero-order valence-electron chi connectivity index (χ0n) is 18.0. The Balaban J connectivity index is 1.25. The van der Waals surface area contributed by atoms with Crippen LogP contribution in [0.25, 0.3) is 5.52 Å². The second-order valence-corrected chi connectivity index (χ2v) is 8.77. The summed E-state index contributed by atoms with van der Waals surface area (Å²) in [5.41, 5.74) is 2.02. The standard InChI is InChI=1S/C21H26FN7O3/c1-21(5-6-21)25-20(30)32-16-4-3-13(18(16)22)14-10-17(27-26-14)24-19-15-9-12(11-31-2)28-29(15)8-7-23-19/h7-10,13,16,18H,3-6,11H2,1-2H3,(H,25,30)(H2,23,24,26,27)/t13-,16-,18+/m1/s1. The van der Waals surface area contributed by atoms with Crippen LogP contribution in [0.3, 0.4) is 0 Å². The fraction of sp³-hybridized carbons (Fsp3) is 0.524. The molecular formula is C21H26FN7O3. The predicted molar refractivity (Wildman–Crippen MR) is 113 cm³/mol. The van der Waals surface area contributed by atoms with Gasteiger partial charge in [-0.25, -0.2) is 18.7 Å². The summed E-state index contributed by atoms with van der Waals surface area (Å²) < 4.78 is 27.3. The molecular weight excluding hydrogens is 417 g/mol. The number of alkyl halides is 1. The van der Waals surface area contributed by atoms with Gasteiger partial charge in [-0.05, 0) is 38.7 Å². The van der Waals surface area contributed by atoms with Crippen LogP contribution in [0.5, 0.6) is 0 Å². The predicted octanol–water partition coefficient (Wildman–Crippen LogP) is 3.21. The summed E-state index contributed by atoms with van der Waals surface area (Å²) in [6.07, 6.45) is 3.67. The van der Waals surface area contributed by atoms with Crippen molar-refractivity contribution in [2.45, 2.75) is 62.9 Å². The summed E-state index contributed by atoms with van der Waals surface area (Å²) in [4.78, 5) is 16.4. The molecule has 170 valence electrons. The number of aromatic nitrogens is 5. The van der Waals surface area contributed by atoms with Gasteiger partial charge in [-0.3, -0.25) is 5.10 Å². The van der Waals surface area contributed by atoms with Gasteiger partial charge < -0.3 is 20.1 Å². The monoisotopic (exact) mass is 443 g/mol. The van der Waals surface area contributed by atoms with Crippen molar-refractivity contribution in [3.05, 3.63) is 35.9 Å². The highest BCUT2D eigenvalue weighted by Gasteiger charge is 2.43. The van der Waals surface area contributed by atoms with Gasteiger partial charge in [0.1, 0.15) is 17.8 Å². The first kappa shape index (κ1) is 20.7. The first-order valence-corrected chi connectivity index (χ1v) is 10.7. The number of nitrogens with zero attached hydrogens (tertiary/aromatic N) is 4. The molecule has 3 heterocycles. The number of carbonyl (C=O) groups is 1. The Labute approximate surface area is 183 Å². The molecule has 2 saturated carbocycles. The van der Waals surface area contributed by atoms with Gasteiger partial charge in [0.15, 0.2) is 11.6 Å². The summed E-state index contributed by atoms with van der Waals surface area (Å²) in [7, 11) is 1.61. The van der Waals surface area contributed by atoms with Crippen LogP contribution in [0.4, 0.5) is 20.8 Å². The molecule has 2 aliphatic carbocycles. The highest BCUT2D eigenvalue weighted by molar-refractivity contribution is 5.72. The summed E-state index contributed by atoms with van der Waals surface area (Å²) in [5, 5.41) is 17.6. The Morgan fingerprint density at radius 3 is 3.00 bits per heavy atom. The molecule has 0 spiro atoms. The number of alkyl carbamates (subject to hydrolysis) is 1. The quantitative estimate of drug-likeness (QED) is 0.513.